The molecule has 4 heteroatoms. The maximum absolute atomic E-state index is 11.1. The number of rotatable bonds is 5. The minimum absolute atomic E-state index is 0.337. The molecule has 3 nitrogen and oxygen atoms in total. The number of carbonyl (C=O) groups excluding carboxylic acids is 1. The number of carbonyl (C=O) groups is 1. The molecule has 0 aliphatic carbocycles. The van der Waals surface area contributed by atoms with Gasteiger partial charge in [0.15, 0.2) is 9.04 Å². The summed E-state index contributed by atoms with van der Waals surface area (Å²) < 4.78 is 11.1. The van der Waals surface area contributed by atoms with Crippen LogP contribution in [0.4, 0.5) is 0 Å². The molecule has 0 aromatic heterocycles. The van der Waals surface area contributed by atoms with Crippen LogP contribution in [-0.2, 0) is 14.0 Å². The third-order valence-corrected chi connectivity index (χ3v) is 5.58. The maximum atomic E-state index is 11.1. The van der Waals surface area contributed by atoms with Crippen molar-refractivity contribution < 1.29 is 14.0 Å². The molecule has 0 aromatic carbocycles. The second-order valence-electron chi connectivity index (χ2n) is 4.91. The van der Waals surface area contributed by atoms with E-state index < -0.39 is 9.04 Å². The summed E-state index contributed by atoms with van der Waals surface area (Å²) in [5.41, 5.74) is -0.390. The Morgan fingerprint density at radius 1 is 1.56 bits per heavy atom. The van der Waals surface area contributed by atoms with E-state index in [-0.39, 0.29) is 11.6 Å². The van der Waals surface area contributed by atoms with E-state index in [4.69, 9.17) is 9.16 Å². The van der Waals surface area contributed by atoms with Gasteiger partial charge in [0.25, 0.3) is 0 Å². The van der Waals surface area contributed by atoms with Crippen molar-refractivity contribution >= 4 is 15.0 Å². The third-order valence-electron chi connectivity index (χ3n) is 2.89. The Labute approximate surface area is 99.5 Å². The van der Waals surface area contributed by atoms with Gasteiger partial charge in [-0.1, -0.05) is 13.0 Å². The molecule has 1 unspecified atom stereocenters. The predicted octanol–water partition coefficient (Wildman–Crippen LogP) is 2.42. The molecule has 1 aliphatic rings. The highest BCUT2D eigenvalue weighted by molar-refractivity contribution is 6.51. The lowest BCUT2D eigenvalue weighted by Gasteiger charge is -2.27. The minimum atomic E-state index is -0.997. The van der Waals surface area contributed by atoms with Gasteiger partial charge in [0.05, 0.1) is 0 Å². The van der Waals surface area contributed by atoms with Crippen LogP contribution in [0.1, 0.15) is 33.1 Å². The van der Waals surface area contributed by atoms with Crippen LogP contribution in [-0.4, -0.2) is 27.2 Å². The second kappa shape index (κ2) is 6.20. The lowest BCUT2D eigenvalue weighted by atomic mass is 10.1. The molecular weight excluding hydrogens is 220 g/mol. The Balaban J connectivity index is 2.28. The van der Waals surface area contributed by atoms with Crippen molar-refractivity contribution in [2.24, 2.45) is 0 Å². The van der Waals surface area contributed by atoms with Crippen molar-refractivity contribution in [1.29, 1.82) is 0 Å². The molecule has 0 saturated carbocycles. The topological polar surface area (TPSA) is 35.5 Å². The number of ether oxygens (including phenoxy) is 1. The largest absolute Gasteiger partial charge is 0.457 e. The molecular formula is C12H22O3Si. The molecule has 1 fully saturated rings. The molecule has 16 heavy (non-hydrogen) atoms. The third kappa shape index (κ3) is 4.94. The molecule has 1 heterocycles. The summed E-state index contributed by atoms with van der Waals surface area (Å²) >= 11 is 0. The van der Waals surface area contributed by atoms with Gasteiger partial charge in [0, 0.05) is 12.7 Å². The fraction of sp³-hybridized carbons (Fsp3) is 0.750. The van der Waals surface area contributed by atoms with Crippen molar-refractivity contribution in [2.45, 2.75) is 50.8 Å². The van der Waals surface area contributed by atoms with Crippen LogP contribution in [0.2, 0.25) is 12.1 Å². The fourth-order valence-corrected chi connectivity index (χ4v) is 4.79. The van der Waals surface area contributed by atoms with Crippen LogP contribution in [0.25, 0.3) is 0 Å². The highest BCUT2D eigenvalue weighted by Gasteiger charge is 2.25. The van der Waals surface area contributed by atoms with Gasteiger partial charge in [0.1, 0.15) is 5.60 Å². The van der Waals surface area contributed by atoms with E-state index in [1.807, 2.05) is 13.8 Å². The van der Waals surface area contributed by atoms with Gasteiger partial charge in [-0.3, -0.25) is 0 Å². The summed E-state index contributed by atoms with van der Waals surface area (Å²) in [4.78, 5) is 11.1. The van der Waals surface area contributed by atoms with Crippen molar-refractivity contribution in [2.75, 3.05) is 6.61 Å². The first-order valence-electron chi connectivity index (χ1n) is 6.00. The summed E-state index contributed by atoms with van der Waals surface area (Å²) in [6.07, 6.45) is 4.63. The van der Waals surface area contributed by atoms with Crippen molar-refractivity contribution in [3.63, 3.8) is 0 Å². The molecule has 1 saturated heterocycles. The number of hydrogen-bond acceptors (Lipinski definition) is 3. The number of hydrogen-bond donors (Lipinski definition) is 0. The Bertz CT molecular complexity index is 245. The second-order valence-corrected chi connectivity index (χ2v) is 7.64. The first-order valence-corrected chi connectivity index (χ1v) is 8.11. The fourth-order valence-electron chi connectivity index (χ4n) is 1.91. The van der Waals surface area contributed by atoms with Crippen molar-refractivity contribution in [1.82, 2.24) is 0 Å². The first-order chi connectivity index (χ1) is 7.53. The monoisotopic (exact) mass is 242 g/mol. The summed E-state index contributed by atoms with van der Waals surface area (Å²) in [5, 5.41) is 0. The molecule has 0 spiro atoms. The van der Waals surface area contributed by atoms with Crippen LogP contribution in [0.3, 0.4) is 0 Å². The van der Waals surface area contributed by atoms with Crippen LogP contribution < -0.4 is 0 Å². The molecule has 92 valence electrons. The van der Waals surface area contributed by atoms with E-state index in [1.165, 1.54) is 25.0 Å². The Morgan fingerprint density at radius 3 is 2.88 bits per heavy atom. The number of esters is 1. The molecule has 0 bridgehead atoms. The van der Waals surface area contributed by atoms with Crippen LogP contribution in [0.15, 0.2) is 12.7 Å². The van der Waals surface area contributed by atoms with Gasteiger partial charge in [-0.2, -0.15) is 0 Å². The van der Waals surface area contributed by atoms with E-state index in [0.717, 1.165) is 19.1 Å². The molecule has 1 aliphatic heterocycles. The summed E-state index contributed by atoms with van der Waals surface area (Å²) in [5.74, 6) is -0.337. The van der Waals surface area contributed by atoms with Crippen molar-refractivity contribution in [3.05, 3.63) is 12.7 Å². The van der Waals surface area contributed by atoms with E-state index in [2.05, 4.69) is 6.58 Å². The van der Waals surface area contributed by atoms with Crippen molar-refractivity contribution in [3.8, 4) is 0 Å². The standard InChI is InChI=1S/C12H22O3Si/c1-4-11(13)15-12(2,3)7-10-16-9-6-5-8-14-16/h4,16H,1,5-10H2,2-3H3. The molecule has 0 radical (unpaired) electrons. The zero-order chi connectivity index (χ0) is 12.0. The zero-order valence-electron chi connectivity index (χ0n) is 10.3. The van der Waals surface area contributed by atoms with Gasteiger partial charge in [-0.25, -0.2) is 4.79 Å². The zero-order valence-corrected chi connectivity index (χ0v) is 11.5. The van der Waals surface area contributed by atoms with E-state index in [1.54, 1.807) is 0 Å². The van der Waals surface area contributed by atoms with E-state index in [9.17, 15) is 4.79 Å². The normalized spacial score (nSPS) is 21.5. The first kappa shape index (κ1) is 13.5. The smallest absolute Gasteiger partial charge is 0.330 e. The Kier molecular flexibility index (Phi) is 5.22. The average Bonchev–Trinajstić information content (AvgIpc) is 2.27. The summed E-state index contributed by atoms with van der Waals surface area (Å²) in [6, 6.07) is 2.36. The maximum Gasteiger partial charge on any atom is 0.330 e. The molecule has 1 atom stereocenters. The quantitative estimate of drug-likeness (QED) is 0.422. The Morgan fingerprint density at radius 2 is 2.31 bits per heavy atom. The average molecular weight is 242 g/mol. The lowest BCUT2D eigenvalue weighted by molar-refractivity contribution is -0.150. The molecule has 1 rings (SSSR count). The van der Waals surface area contributed by atoms with Crippen LogP contribution >= 0.6 is 0 Å². The van der Waals surface area contributed by atoms with Gasteiger partial charge in [-0.15, -0.1) is 0 Å². The minimum Gasteiger partial charge on any atom is -0.457 e. The van der Waals surface area contributed by atoms with E-state index in [0.29, 0.717) is 0 Å². The molecule has 0 N–H and O–H groups in total. The van der Waals surface area contributed by atoms with E-state index >= 15 is 0 Å². The molecule has 0 aromatic rings. The van der Waals surface area contributed by atoms with Crippen LogP contribution in [0, 0.1) is 0 Å². The van der Waals surface area contributed by atoms with Gasteiger partial charge < -0.3 is 9.16 Å². The Hall–Kier alpha value is -0.613. The van der Waals surface area contributed by atoms with Gasteiger partial charge in [-0.05, 0) is 38.8 Å². The van der Waals surface area contributed by atoms with Crippen LogP contribution in [0.5, 0.6) is 0 Å². The SMILES string of the molecule is C=CC(=O)OC(C)(C)CC[SiH]1CCCCO1. The highest BCUT2D eigenvalue weighted by atomic mass is 28.3. The molecule has 0 amide bonds. The van der Waals surface area contributed by atoms with Gasteiger partial charge in [0.2, 0.25) is 0 Å². The highest BCUT2D eigenvalue weighted by Crippen LogP contribution is 2.23. The predicted molar refractivity (Wildman–Crippen MR) is 66.9 cm³/mol. The summed E-state index contributed by atoms with van der Waals surface area (Å²) in [7, 11) is -0.997. The summed E-state index contributed by atoms with van der Waals surface area (Å²) in [6.45, 7) is 8.24. The lowest BCUT2D eigenvalue weighted by Crippen LogP contribution is -2.31. The van der Waals surface area contributed by atoms with Gasteiger partial charge >= 0.3 is 5.97 Å².